The molecule has 2 aliphatic heterocycles. The van der Waals surface area contributed by atoms with Crippen molar-refractivity contribution in [2.24, 2.45) is 5.92 Å². The standard InChI is InChI=1S/C35H51N5O4/c1-3-36-34(42)30-20-25-38(26-21-30)22-12-5-9-19-33(41)37(2)27-28-44-35(43)40(39-23-13-6-14-24-39)32-18-11-10-17-31(32)29-15-7-4-8-16-29/h4,7-8,10-11,15-18,30H,3,5-6,9,12-14,19-28H2,1-2H3,(H,36,42). The average molecular weight is 606 g/mol. The largest absolute Gasteiger partial charge is 0.446 e. The fourth-order valence-electron chi connectivity index (χ4n) is 6.14. The van der Waals surface area contributed by atoms with Gasteiger partial charge in [0.25, 0.3) is 0 Å². The second kappa shape index (κ2) is 17.8. The Kier molecular flexibility index (Phi) is 13.5. The second-order valence-electron chi connectivity index (χ2n) is 12.0. The predicted octanol–water partition coefficient (Wildman–Crippen LogP) is 5.56. The smallest absolute Gasteiger partial charge is 0.429 e. The Bertz CT molecular complexity index is 1180. The van der Waals surface area contributed by atoms with E-state index >= 15 is 0 Å². The molecular weight excluding hydrogens is 554 g/mol. The molecule has 1 N–H and O–H groups in total. The predicted molar refractivity (Wildman–Crippen MR) is 175 cm³/mol. The minimum atomic E-state index is -0.411. The summed E-state index contributed by atoms with van der Waals surface area (Å²) >= 11 is 0. The SMILES string of the molecule is CCNC(=O)C1CCN(CCCCCC(=O)N(C)CCOC(=O)N(c2ccccc2-c2ccccc2)N2CCCCC2)CC1. The molecule has 0 unspecified atom stereocenters. The fourth-order valence-corrected chi connectivity index (χ4v) is 6.14. The van der Waals surface area contributed by atoms with Gasteiger partial charge in [-0.1, -0.05) is 61.4 Å². The van der Waals surface area contributed by atoms with E-state index in [9.17, 15) is 14.4 Å². The van der Waals surface area contributed by atoms with Gasteiger partial charge in [-0.15, -0.1) is 0 Å². The summed E-state index contributed by atoms with van der Waals surface area (Å²) in [5.41, 5.74) is 2.83. The zero-order chi connectivity index (χ0) is 31.1. The van der Waals surface area contributed by atoms with Crippen molar-refractivity contribution < 1.29 is 19.1 Å². The Morgan fingerprint density at radius 2 is 1.59 bits per heavy atom. The van der Waals surface area contributed by atoms with E-state index < -0.39 is 6.09 Å². The number of unbranched alkanes of at least 4 members (excludes halogenated alkanes) is 2. The lowest BCUT2D eigenvalue weighted by atomic mass is 9.95. The number of ether oxygens (including phenoxy) is 1. The molecule has 0 aliphatic carbocycles. The molecule has 0 atom stereocenters. The van der Waals surface area contributed by atoms with Crippen LogP contribution in [0.15, 0.2) is 54.6 Å². The Balaban J connectivity index is 1.20. The van der Waals surface area contributed by atoms with Gasteiger partial charge in [0.15, 0.2) is 0 Å². The van der Waals surface area contributed by atoms with E-state index in [1.165, 1.54) is 0 Å². The van der Waals surface area contributed by atoms with Crippen LogP contribution in [0.4, 0.5) is 10.5 Å². The van der Waals surface area contributed by atoms with Gasteiger partial charge in [0.05, 0.1) is 12.2 Å². The van der Waals surface area contributed by atoms with Gasteiger partial charge in [0, 0.05) is 44.6 Å². The van der Waals surface area contributed by atoms with Gasteiger partial charge in [0.2, 0.25) is 11.8 Å². The molecule has 0 saturated carbocycles. The Morgan fingerprint density at radius 1 is 0.886 bits per heavy atom. The molecule has 9 nitrogen and oxygen atoms in total. The van der Waals surface area contributed by atoms with E-state index in [2.05, 4.69) is 27.4 Å². The summed E-state index contributed by atoms with van der Waals surface area (Å²) in [6, 6.07) is 18.1. The number of amides is 3. The zero-order valence-corrected chi connectivity index (χ0v) is 26.7. The number of anilines is 1. The minimum Gasteiger partial charge on any atom is -0.446 e. The molecule has 3 amide bonds. The summed E-state index contributed by atoms with van der Waals surface area (Å²) in [7, 11) is 1.78. The van der Waals surface area contributed by atoms with Crippen molar-refractivity contribution in [3.63, 3.8) is 0 Å². The summed E-state index contributed by atoms with van der Waals surface area (Å²) in [4.78, 5) is 42.5. The number of carbonyl (C=O) groups excluding carboxylic acids is 3. The number of para-hydroxylation sites is 1. The summed E-state index contributed by atoms with van der Waals surface area (Å²) in [5.74, 6) is 0.417. The molecule has 240 valence electrons. The first kappa shape index (κ1) is 33.5. The van der Waals surface area contributed by atoms with Gasteiger partial charge >= 0.3 is 6.09 Å². The van der Waals surface area contributed by atoms with Crippen LogP contribution in [0.1, 0.15) is 64.7 Å². The highest BCUT2D eigenvalue weighted by atomic mass is 16.6. The number of piperidine rings is 2. The number of hydrogen-bond acceptors (Lipinski definition) is 6. The van der Waals surface area contributed by atoms with Gasteiger partial charge in [-0.2, -0.15) is 0 Å². The highest BCUT2D eigenvalue weighted by molar-refractivity contribution is 5.93. The molecule has 2 aromatic rings. The van der Waals surface area contributed by atoms with Gasteiger partial charge < -0.3 is 19.9 Å². The molecule has 0 spiro atoms. The lowest BCUT2D eigenvalue weighted by Crippen LogP contribution is -2.50. The van der Waals surface area contributed by atoms with Crippen molar-refractivity contribution in [1.29, 1.82) is 0 Å². The third-order valence-electron chi connectivity index (χ3n) is 8.76. The number of likely N-dealkylation sites (tertiary alicyclic amines) is 1. The van der Waals surface area contributed by atoms with Crippen molar-refractivity contribution >= 4 is 23.6 Å². The molecule has 9 heteroatoms. The molecular formula is C35H51N5O4. The average Bonchev–Trinajstić information content (AvgIpc) is 3.06. The van der Waals surface area contributed by atoms with Crippen molar-refractivity contribution in [2.45, 2.75) is 64.7 Å². The van der Waals surface area contributed by atoms with E-state index in [0.717, 1.165) is 101 Å². The van der Waals surface area contributed by atoms with E-state index in [4.69, 9.17) is 4.74 Å². The Morgan fingerprint density at radius 3 is 2.32 bits per heavy atom. The first-order valence-corrected chi connectivity index (χ1v) is 16.6. The van der Waals surface area contributed by atoms with Crippen LogP contribution >= 0.6 is 0 Å². The first-order valence-electron chi connectivity index (χ1n) is 16.6. The van der Waals surface area contributed by atoms with Crippen LogP contribution in [-0.4, -0.2) is 92.2 Å². The molecule has 0 aromatic heterocycles. The third-order valence-corrected chi connectivity index (χ3v) is 8.76. The highest BCUT2D eigenvalue weighted by Crippen LogP contribution is 2.33. The van der Waals surface area contributed by atoms with Gasteiger partial charge in [0.1, 0.15) is 6.61 Å². The molecule has 2 aliphatic rings. The first-order chi connectivity index (χ1) is 21.5. The van der Waals surface area contributed by atoms with E-state index in [1.54, 1.807) is 17.0 Å². The van der Waals surface area contributed by atoms with Crippen molar-refractivity contribution in [1.82, 2.24) is 20.1 Å². The number of likely N-dealkylation sites (N-methyl/N-ethyl adjacent to an activating group) is 1. The van der Waals surface area contributed by atoms with Gasteiger partial charge in [-0.3, -0.25) is 9.59 Å². The maximum Gasteiger partial charge on any atom is 0.429 e. The lowest BCUT2D eigenvalue weighted by Gasteiger charge is -2.37. The molecule has 44 heavy (non-hydrogen) atoms. The molecule has 4 rings (SSSR count). The summed E-state index contributed by atoms with van der Waals surface area (Å²) in [5, 5.41) is 6.73. The highest BCUT2D eigenvalue weighted by Gasteiger charge is 2.29. The number of benzene rings is 2. The van der Waals surface area contributed by atoms with Crippen LogP contribution in [0.25, 0.3) is 11.1 Å². The van der Waals surface area contributed by atoms with Crippen LogP contribution < -0.4 is 10.3 Å². The molecule has 2 fully saturated rings. The summed E-state index contributed by atoms with van der Waals surface area (Å²) in [6.07, 6.45) is 8.05. The maximum absolute atomic E-state index is 13.6. The number of hydrazine groups is 1. The Hall–Kier alpha value is -3.43. The fraction of sp³-hybridized carbons (Fsp3) is 0.571. The molecule has 0 radical (unpaired) electrons. The van der Waals surface area contributed by atoms with Crippen LogP contribution in [0.3, 0.4) is 0 Å². The molecule has 0 bridgehead atoms. The number of carbonyl (C=O) groups is 3. The van der Waals surface area contributed by atoms with Crippen LogP contribution in [-0.2, 0) is 14.3 Å². The Labute approximate surface area is 263 Å². The molecule has 2 aromatic carbocycles. The summed E-state index contributed by atoms with van der Waals surface area (Å²) < 4.78 is 5.79. The minimum absolute atomic E-state index is 0.0751. The van der Waals surface area contributed by atoms with Crippen LogP contribution in [0.5, 0.6) is 0 Å². The molecule has 2 heterocycles. The lowest BCUT2D eigenvalue weighted by molar-refractivity contribution is -0.130. The topological polar surface area (TPSA) is 85.4 Å². The van der Waals surface area contributed by atoms with Gasteiger partial charge in [-0.05, 0) is 76.7 Å². The summed E-state index contributed by atoms with van der Waals surface area (Å²) in [6.45, 7) is 7.70. The molecule has 2 saturated heterocycles. The van der Waals surface area contributed by atoms with Crippen molar-refractivity contribution in [3.8, 4) is 11.1 Å². The van der Waals surface area contributed by atoms with Crippen LogP contribution in [0.2, 0.25) is 0 Å². The maximum atomic E-state index is 13.6. The van der Waals surface area contributed by atoms with E-state index in [0.29, 0.717) is 19.5 Å². The zero-order valence-electron chi connectivity index (χ0n) is 26.7. The number of hydrogen-bond donors (Lipinski definition) is 1. The number of nitrogens with zero attached hydrogens (tertiary/aromatic N) is 4. The monoisotopic (exact) mass is 605 g/mol. The number of nitrogens with one attached hydrogen (secondary N) is 1. The third kappa shape index (κ3) is 9.79. The number of rotatable bonds is 14. The van der Waals surface area contributed by atoms with E-state index in [1.807, 2.05) is 49.4 Å². The second-order valence-corrected chi connectivity index (χ2v) is 12.0. The van der Waals surface area contributed by atoms with Crippen molar-refractivity contribution in [3.05, 3.63) is 54.6 Å². The quantitative estimate of drug-likeness (QED) is 0.284. The van der Waals surface area contributed by atoms with Crippen LogP contribution in [0, 0.1) is 5.92 Å². The normalized spacial score (nSPS) is 16.3. The van der Waals surface area contributed by atoms with Crippen molar-refractivity contribution in [2.75, 3.05) is 64.5 Å². The van der Waals surface area contributed by atoms with Gasteiger partial charge in [-0.25, -0.2) is 14.8 Å². The van der Waals surface area contributed by atoms with E-state index in [-0.39, 0.29) is 24.3 Å².